The van der Waals surface area contributed by atoms with E-state index in [2.05, 4.69) is 5.32 Å². The molecule has 0 atom stereocenters. The zero-order valence-corrected chi connectivity index (χ0v) is 16.2. The number of hydrogen-bond acceptors (Lipinski definition) is 4. The minimum atomic E-state index is -1.13. The number of carbonyl (C=O) groups is 2. The number of nitrogens with one attached hydrogen (secondary N) is 1. The van der Waals surface area contributed by atoms with Crippen LogP contribution in [0.25, 0.3) is 6.08 Å². The number of benzene rings is 3. The second kappa shape index (κ2) is 9.85. The normalized spacial score (nSPS) is 10.8. The number of nitrogens with zero attached hydrogens (tertiary/aromatic N) is 1. The van der Waals surface area contributed by atoms with Gasteiger partial charge in [-0.05, 0) is 48.0 Å². The number of hydrogen-bond donors (Lipinski definition) is 2. The van der Waals surface area contributed by atoms with Crippen LogP contribution in [0.1, 0.15) is 21.5 Å². The molecule has 3 aromatic rings. The average molecular weight is 416 g/mol. The van der Waals surface area contributed by atoms with Crippen LogP contribution in [0, 0.1) is 17.1 Å². The van der Waals surface area contributed by atoms with Gasteiger partial charge in [0, 0.05) is 11.3 Å². The summed E-state index contributed by atoms with van der Waals surface area (Å²) in [5.74, 6) is -1.70. The van der Waals surface area contributed by atoms with Gasteiger partial charge in [0.25, 0.3) is 5.91 Å². The Morgan fingerprint density at radius 1 is 1.06 bits per heavy atom. The molecule has 0 saturated heterocycles. The van der Waals surface area contributed by atoms with Gasteiger partial charge >= 0.3 is 5.97 Å². The number of nitriles is 1. The number of aromatic carboxylic acids is 1. The van der Waals surface area contributed by atoms with Gasteiger partial charge in [0.15, 0.2) is 0 Å². The Balaban J connectivity index is 1.78. The number of rotatable bonds is 7. The lowest BCUT2D eigenvalue weighted by atomic mass is 10.1. The fraction of sp³-hybridized carbons (Fsp3) is 0.0417. The topological polar surface area (TPSA) is 99.4 Å². The molecule has 6 nitrogen and oxygen atoms in total. The molecule has 0 radical (unpaired) electrons. The third kappa shape index (κ3) is 5.78. The zero-order valence-electron chi connectivity index (χ0n) is 16.2. The van der Waals surface area contributed by atoms with Crippen LogP contribution in [0.3, 0.4) is 0 Å². The number of amides is 1. The summed E-state index contributed by atoms with van der Waals surface area (Å²) in [7, 11) is 0. The molecule has 7 heteroatoms. The SMILES string of the molecule is N#CC(=Cc1ccccc1OCc1ccc(F)cc1)C(=O)Nc1cccc(C(=O)O)c1. The highest BCUT2D eigenvalue weighted by Gasteiger charge is 2.12. The van der Waals surface area contributed by atoms with Crippen molar-refractivity contribution in [2.75, 3.05) is 5.32 Å². The number of para-hydroxylation sites is 1. The van der Waals surface area contributed by atoms with Crippen molar-refractivity contribution in [3.8, 4) is 11.8 Å². The standard InChI is InChI=1S/C24H17FN2O4/c25-20-10-8-16(9-11-20)15-31-22-7-2-1-4-17(22)12-19(14-26)23(28)27-21-6-3-5-18(13-21)24(29)30/h1-13H,15H2,(H,27,28)(H,29,30). The minimum Gasteiger partial charge on any atom is -0.488 e. The summed E-state index contributed by atoms with van der Waals surface area (Å²) < 4.78 is 18.8. The van der Waals surface area contributed by atoms with Crippen molar-refractivity contribution in [1.29, 1.82) is 5.26 Å². The van der Waals surface area contributed by atoms with Crippen molar-refractivity contribution in [3.63, 3.8) is 0 Å². The highest BCUT2D eigenvalue weighted by Crippen LogP contribution is 2.23. The van der Waals surface area contributed by atoms with E-state index in [1.165, 1.54) is 42.5 Å². The summed E-state index contributed by atoms with van der Waals surface area (Å²) in [6, 6.07) is 20.3. The molecule has 0 fully saturated rings. The van der Waals surface area contributed by atoms with Crippen molar-refractivity contribution in [3.05, 3.63) is 101 Å². The van der Waals surface area contributed by atoms with Gasteiger partial charge in [-0.2, -0.15) is 5.26 Å². The van der Waals surface area contributed by atoms with Crippen LogP contribution in [0.5, 0.6) is 5.75 Å². The maximum Gasteiger partial charge on any atom is 0.335 e. The van der Waals surface area contributed by atoms with Crippen LogP contribution < -0.4 is 10.1 Å². The molecule has 1 amide bonds. The maximum absolute atomic E-state index is 13.0. The monoisotopic (exact) mass is 416 g/mol. The molecule has 0 saturated carbocycles. The van der Waals surface area contributed by atoms with Crippen LogP contribution in [0.15, 0.2) is 78.4 Å². The van der Waals surface area contributed by atoms with E-state index in [4.69, 9.17) is 9.84 Å². The number of ether oxygens (including phenoxy) is 1. The third-order valence-electron chi connectivity index (χ3n) is 4.26. The summed E-state index contributed by atoms with van der Waals surface area (Å²) in [5.41, 5.74) is 1.36. The van der Waals surface area contributed by atoms with Crippen LogP contribution in [0.4, 0.5) is 10.1 Å². The number of carbonyl (C=O) groups excluding carboxylic acids is 1. The fourth-order valence-electron chi connectivity index (χ4n) is 2.71. The van der Waals surface area contributed by atoms with Crippen LogP contribution in [-0.2, 0) is 11.4 Å². The molecule has 0 aliphatic carbocycles. The number of anilines is 1. The Morgan fingerprint density at radius 3 is 2.52 bits per heavy atom. The molecule has 0 unspecified atom stereocenters. The predicted molar refractivity (Wildman–Crippen MR) is 113 cm³/mol. The first-order valence-electron chi connectivity index (χ1n) is 9.19. The lowest BCUT2D eigenvalue weighted by Crippen LogP contribution is -2.14. The van der Waals surface area contributed by atoms with Crippen molar-refractivity contribution >= 4 is 23.6 Å². The average Bonchev–Trinajstić information content (AvgIpc) is 2.77. The largest absolute Gasteiger partial charge is 0.488 e. The summed E-state index contributed by atoms with van der Waals surface area (Å²) in [5, 5.41) is 21.0. The van der Waals surface area contributed by atoms with Gasteiger partial charge in [0.2, 0.25) is 0 Å². The molecule has 0 heterocycles. The molecule has 0 aromatic heterocycles. The lowest BCUT2D eigenvalue weighted by Gasteiger charge is -2.10. The quantitative estimate of drug-likeness (QED) is 0.431. The van der Waals surface area contributed by atoms with Gasteiger partial charge in [-0.3, -0.25) is 4.79 Å². The molecular weight excluding hydrogens is 399 g/mol. The zero-order chi connectivity index (χ0) is 22.2. The van der Waals surface area contributed by atoms with E-state index in [1.54, 1.807) is 36.4 Å². The van der Waals surface area contributed by atoms with Crippen molar-refractivity contribution in [2.24, 2.45) is 0 Å². The van der Waals surface area contributed by atoms with E-state index >= 15 is 0 Å². The third-order valence-corrected chi connectivity index (χ3v) is 4.26. The molecule has 0 bridgehead atoms. The van der Waals surface area contributed by atoms with Crippen LogP contribution in [-0.4, -0.2) is 17.0 Å². The van der Waals surface area contributed by atoms with E-state index in [0.717, 1.165) is 5.56 Å². The van der Waals surface area contributed by atoms with Crippen LogP contribution in [0.2, 0.25) is 0 Å². The molecule has 0 aliphatic heterocycles. The van der Waals surface area contributed by atoms with Gasteiger partial charge in [-0.1, -0.05) is 36.4 Å². The lowest BCUT2D eigenvalue weighted by molar-refractivity contribution is -0.112. The Hall–Kier alpha value is -4.44. The maximum atomic E-state index is 13.0. The first-order valence-corrected chi connectivity index (χ1v) is 9.19. The second-order valence-corrected chi connectivity index (χ2v) is 6.46. The van der Waals surface area contributed by atoms with E-state index in [9.17, 15) is 19.2 Å². The summed E-state index contributed by atoms with van der Waals surface area (Å²) >= 11 is 0. The van der Waals surface area contributed by atoms with Crippen LogP contribution >= 0.6 is 0 Å². The number of carboxylic acid groups (broad SMARTS) is 1. The fourth-order valence-corrected chi connectivity index (χ4v) is 2.71. The van der Waals surface area contributed by atoms with E-state index in [-0.39, 0.29) is 29.2 Å². The number of carboxylic acids is 1. The second-order valence-electron chi connectivity index (χ2n) is 6.46. The summed E-state index contributed by atoms with van der Waals surface area (Å²) in [6.07, 6.45) is 1.39. The van der Waals surface area contributed by atoms with Crippen molar-refractivity contribution in [2.45, 2.75) is 6.61 Å². The molecule has 0 aliphatic rings. The Labute approximate surface area is 177 Å². The Morgan fingerprint density at radius 2 is 1.81 bits per heavy atom. The molecule has 3 rings (SSSR count). The minimum absolute atomic E-state index is 0.0137. The molecule has 0 spiro atoms. The first-order chi connectivity index (χ1) is 15.0. The van der Waals surface area contributed by atoms with E-state index in [0.29, 0.717) is 11.3 Å². The van der Waals surface area contributed by atoms with Crippen molar-refractivity contribution in [1.82, 2.24) is 0 Å². The van der Waals surface area contributed by atoms with Crippen molar-refractivity contribution < 1.29 is 23.8 Å². The predicted octanol–water partition coefficient (Wildman–Crippen LogP) is 4.65. The Bertz CT molecular complexity index is 1180. The van der Waals surface area contributed by atoms with Gasteiger partial charge in [-0.25, -0.2) is 9.18 Å². The van der Waals surface area contributed by atoms with Gasteiger partial charge in [-0.15, -0.1) is 0 Å². The highest BCUT2D eigenvalue weighted by molar-refractivity contribution is 6.10. The van der Waals surface area contributed by atoms with Gasteiger partial charge in [0.05, 0.1) is 5.56 Å². The molecule has 2 N–H and O–H groups in total. The van der Waals surface area contributed by atoms with Gasteiger partial charge < -0.3 is 15.2 Å². The molecule has 3 aromatic carbocycles. The molecule has 31 heavy (non-hydrogen) atoms. The molecule has 154 valence electrons. The highest BCUT2D eigenvalue weighted by atomic mass is 19.1. The number of halogens is 1. The van der Waals surface area contributed by atoms with E-state index in [1.807, 2.05) is 6.07 Å². The molecular formula is C24H17FN2O4. The smallest absolute Gasteiger partial charge is 0.335 e. The summed E-state index contributed by atoms with van der Waals surface area (Å²) in [6.45, 7) is 0.182. The summed E-state index contributed by atoms with van der Waals surface area (Å²) in [4.78, 5) is 23.6. The van der Waals surface area contributed by atoms with Gasteiger partial charge in [0.1, 0.15) is 29.8 Å². The first kappa shape index (κ1) is 21.3. The van der Waals surface area contributed by atoms with E-state index < -0.39 is 11.9 Å². The Kier molecular flexibility index (Phi) is 6.76.